The largest absolute Gasteiger partial charge is 0.454 e. The predicted molar refractivity (Wildman–Crippen MR) is 105 cm³/mol. The Balaban J connectivity index is 1.57. The third-order valence-electron chi connectivity index (χ3n) is 4.28. The quantitative estimate of drug-likeness (QED) is 0.536. The summed E-state index contributed by atoms with van der Waals surface area (Å²) in [5, 5.41) is 16.2. The third-order valence-corrected chi connectivity index (χ3v) is 5.13. The van der Waals surface area contributed by atoms with Gasteiger partial charge in [0.1, 0.15) is 6.07 Å². The van der Waals surface area contributed by atoms with E-state index >= 15 is 0 Å². The molecule has 1 aromatic heterocycles. The maximum absolute atomic E-state index is 9.47. The van der Waals surface area contributed by atoms with Gasteiger partial charge in [-0.1, -0.05) is 6.07 Å². The molecule has 0 unspecified atom stereocenters. The summed E-state index contributed by atoms with van der Waals surface area (Å²) in [4.78, 5) is 4.55. The van der Waals surface area contributed by atoms with Gasteiger partial charge in [-0.3, -0.25) is 5.43 Å². The normalized spacial score (nSPS) is 12.7. The van der Waals surface area contributed by atoms with Crippen LogP contribution in [0.5, 0.6) is 11.5 Å². The molecule has 0 spiro atoms. The number of nitrogens with one attached hydrogen (secondary N) is 1. The van der Waals surface area contributed by atoms with Crippen molar-refractivity contribution in [1.29, 1.82) is 5.26 Å². The van der Waals surface area contributed by atoms with Gasteiger partial charge in [0.2, 0.25) is 6.79 Å². The number of aromatic nitrogens is 1. The van der Waals surface area contributed by atoms with Gasteiger partial charge in [-0.15, -0.1) is 11.3 Å². The molecule has 0 fully saturated rings. The van der Waals surface area contributed by atoms with Crippen LogP contribution in [0.3, 0.4) is 0 Å². The molecular weight excluding hydrogens is 360 g/mol. The molecule has 1 N–H and O–H groups in total. The standard InChI is InChI=1S/C20H16N4O2S/c1-12-3-5-15(7-13(12)2)23-24-16(9-21)20-22-17(10-27-20)14-4-6-18-19(8-14)26-11-25-18/h3-8,10,23H,11H2,1-2H3. The summed E-state index contributed by atoms with van der Waals surface area (Å²) in [7, 11) is 0. The average Bonchev–Trinajstić information content (AvgIpc) is 3.34. The van der Waals surface area contributed by atoms with Crippen LogP contribution in [0.2, 0.25) is 0 Å². The Labute approximate surface area is 160 Å². The van der Waals surface area contributed by atoms with E-state index in [9.17, 15) is 5.26 Å². The molecule has 0 aliphatic carbocycles. The predicted octanol–water partition coefficient (Wildman–Crippen LogP) is 4.50. The van der Waals surface area contributed by atoms with Gasteiger partial charge in [0, 0.05) is 10.9 Å². The molecule has 3 aromatic rings. The number of thiazole rings is 1. The van der Waals surface area contributed by atoms with E-state index in [2.05, 4.69) is 28.5 Å². The Morgan fingerprint density at radius 1 is 1.15 bits per heavy atom. The molecular formula is C20H16N4O2S. The molecule has 134 valence electrons. The molecule has 0 radical (unpaired) electrons. The number of nitriles is 1. The highest BCUT2D eigenvalue weighted by atomic mass is 32.1. The van der Waals surface area contributed by atoms with Gasteiger partial charge in [-0.25, -0.2) is 4.98 Å². The third kappa shape index (κ3) is 3.48. The second-order valence-electron chi connectivity index (χ2n) is 6.09. The zero-order valence-electron chi connectivity index (χ0n) is 14.8. The van der Waals surface area contributed by atoms with Gasteiger partial charge in [-0.2, -0.15) is 10.4 Å². The van der Waals surface area contributed by atoms with Gasteiger partial charge in [0.05, 0.1) is 11.4 Å². The van der Waals surface area contributed by atoms with E-state index in [4.69, 9.17) is 9.47 Å². The molecule has 4 rings (SSSR count). The molecule has 2 aromatic carbocycles. The van der Waals surface area contributed by atoms with Gasteiger partial charge in [0.25, 0.3) is 0 Å². The van der Waals surface area contributed by atoms with E-state index < -0.39 is 0 Å². The first-order valence-electron chi connectivity index (χ1n) is 8.31. The SMILES string of the molecule is Cc1ccc(NN=C(C#N)c2nc(-c3ccc4c(c3)OCO4)cs2)cc1C. The summed E-state index contributed by atoms with van der Waals surface area (Å²) >= 11 is 1.37. The first-order chi connectivity index (χ1) is 13.1. The fourth-order valence-corrected chi connectivity index (χ4v) is 3.39. The fourth-order valence-electron chi connectivity index (χ4n) is 2.62. The van der Waals surface area contributed by atoms with Crippen LogP contribution in [-0.4, -0.2) is 17.5 Å². The van der Waals surface area contributed by atoms with Crippen molar-refractivity contribution in [2.75, 3.05) is 12.2 Å². The summed E-state index contributed by atoms with van der Waals surface area (Å²) in [5.41, 5.74) is 8.05. The molecule has 27 heavy (non-hydrogen) atoms. The molecule has 0 saturated heterocycles. The summed E-state index contributed by atoms with van der Waals surface area (Å²) < 4.78 is 10.7. The van der Waals surface area contributed by atoms with E-state index in [1.165, 1.54) is 16.9 Å². The monoisotopic (exact) mass is 376 g/mol. The number of benzene rings is 2. The number of fused-ring (bicyclic) bond motifs is 1. The Kier molecular flexibility index (Phi) is 4.48. The van der Waals surface area contributed by atoms with Crippen LogP contribution in [-0.2, 0) is 0 Å². The lowest BCUT2D eigenvalue weighted by atomic mass is 10.1. The number of ether oxygens (including phenoxy) is 2. The van der Waals surface area contributed by atoms with Gasteiger partial charge >= 0.3 is 0 Å². The second kappa shape index (κ2) is 7.09. The summed E-state index contributed by atoms with van der Waals surface area (Å²) in [6.45, 7) is 4.32. The van der Waals surface area contributed by atoms with Crippen LogP contribution < -0.4 is 14.9 Å². The van der Waals surface area contributed by atoms with Crippen LogP contribution in [0.4, 0.5) is 5.69 Å². The maximum Gasteiger partial charge on any atom is 0.231 e. The number of rotatable bonds is 4. The summed E-state index contributed by atoms with van der Waals surface area (Å²) in [6, 6.07) is 13.7. The van der Waals surface area contributed by atoms with E-state index in [1.54, 1.807) is 0 Å². The highest BCUT2D eigenvalue weighted by Crippen LogP contribution is 2.36. The Morgan fingerprint density at radius 3 is 2.81 bits per heavy atom. The van der Waals surface area contributed by atoms with Crippen LogP contribution in [0.25, 0.3) is 11.3 Å². The number of aryl methyl sites for hydroxylation is 2. The van der Waals surface area contributed by atoms with Crippen LogP contribution in [0.1, 0.15) is 16.1 Å². The zero-order valence-corrected chi connectivity index (χ0v) is 15.6. The van der Waals surface area contributed by atoms with E-state index in [0.29, 0.717) is 10.8 Å². The lowest BCUT2D eigenvalue weighted by Gasteiger charge is -2.04. The average molecular weight is 376 g/mol. The Morgan fingerprint density at radius 2 is 2.00 bits per heavy atom. The van der Waals surface area contributed by atoms with Gasteiger partial charge in [0.15, 0.2) is 22.2 Å². The Bertz CT molecular complexity index is 1080. The molecule has 2 heterocycles. The lowest BCUT2D eigenvalue weighted by molar-refractivity contribution is 0.174. The second-order valence-corrected chi connectivity index (χ2v) is 6.95. The van der Waals surface area contributed by atoms with Crippen molar-refractivity contribution in [2.45, 2.75) is 13.8 Å². The van der Waals surface area contributed by atoms with E-state index in [1.807, 2.05) is 48.7 Å². The molecule has 0 saturated carbocycles. The van der Waals surface area contributed by atoms with Crippen molar-refractivity contribution in [3.63, 3.8) is 0 Å². The van der Waals surface area contributed by atoms with Crippen molar-refractivity contribution in [3.05, 3.63) is 57.9 Å². The first-order valence-corrected chi connectivity index (χ1v) is 9.19. The lowest BCUT2D eigenvalue weighted by Crippen LogP contribution is -2.01. The highest BCUT2D eigenvalue weighted by Gasteiger charge is 2.16. The number of hydrogen-bond acceptors (Lipinski definition) is 7. The Hall–Kier alpha value is -3.37. The van der Waals surface area contributed by atoms with Gasteiger partial charge < -0.3 is 9.47 Å². The van der Waals surface area contributed by atoms with Crippen molar-refractivity contribution in [2.24, 2.45) is 5.10 Å². The van der Waals surface area contributed by atoms with Gasteiger partial charge in [-0.05, 0) is 55.3 Å². The number of nitrogens with zero attached hydrogens (tertiary/aromatic N) is 3. The number of anilines is 1. The molecule has 0 bridgehead atoms. The van der Waals surface area contributed by atoms with Crippen molar-refractivity contribution < 1.29 is 9.47 Å². The molecule has 0 amide bonds. The van der Waals surface area contributed by atoms with Crippen LogP contribution in [0, 0.1) is 25.2 Å². The summed E-state index contributed by atoms with van der Waals surface area (Å²) in [5.74, 6) is 1.43. The molecule has 7 heteroatoms. The first kappa shape index (κ1) is 17.1. The van der Waals surface area contributed by atoms with Crippen molar-refractivity contribution >= 4 is 22.7 Å². The highest BCUT2D eigenvalue weighted by molar-refractivity contribution is 7.12. The van der Waals surface area contributed by atoms with Crippen molar-refractivity contribution in [1.82, 2.24) is 4.98 Å². The van der Waals surface area contributed by atoms with E-state index in [-0.39, 0.29) is 12.5 Å². The number of hydrazone groups is 1. The summed E-state index contributed by atoms with van der Waals surface area (Å²) in [6.07, 6.45) is 0. The van der Waals surface area contributed by atoms with Crippen molar-refractivity contribution in [3.8, 4) is 28.8 Å². The maximum atomic E-state index is 9.47. The van der Waals surface area contributed by atoms with Crippen LogP contribution in [0.15, 0.2) is 46.9 Å². The minimum Gasteiger partial charge on any atom is -0.454 e. The minimum absolute atomic E-state index is 0.233. The molecule has 6 nitrogen and oxygen atoms in total. The van der Waals surface area contributed by atoms with Crippen LogP contribution >= 0.6 is 11.3 Å². The fraction of sp³-hybridized carbons (Fsp3) is 0.150. The molecule has 1 aliphatic heterocycles. The number of hydrogen-bond donors (Lipinski definition) is 1. The zero-order chi connectivity index (χ0) is 18.8. The molecule has 0 atom stereocenters. The van der Waals surface area contributed by atoms with E-state index in [0.717, 1.165) is 28.3 Å². The smallest absolute Gasteiger partial charge is 0.231 e. The molecule has 1 aliphatic rings. The minimum atomic E-state index is 0.233. The topological polar surface area (TPSA) is 79.5 Å².